The second kappa shape index (κ2) is 9.77. The smallest absolute Gasteiger partial charge is 0.232 e. The summed E-state index contributed by atoms with van der Waals surface area (Å²) in [5, 5.41) is 13.0. The highest BCUT2D eigenvalue weighted by Crippen LogP contribution is 2.31. The first-order valence-corrected chi connectivity index (χ1v) is 12.5. The van der Waals surface area contributed by atoms with Gasteiger partial charge in [-0.1, -0.05) is 54.2 Å². The monoisotopic (exact) mass is 447 g/mol. The highest BCUT2D eigenvalue weighted by Gasteiger charge is 2.24. The van der Waals surface area contributed by atoms with Gasteiger partial charge in [0.05, 0.1) is 17.5 Å². The van der Waals surface area contributed by atoms with Gasteiger partial charge in [0.2, 0.25) is 11.9 Å². The lowest BCUT2D eigenvalue weighted by molar-refractivity contribution is -0.119. The molecule has 1 aliphatic heterocycles. The number of carbonyl (C=O) groups is 1. The maximum absolute atomic E-state index is 12.9. The first kappa shape index (κ1) is 21.1. The first-order valence-electron chi connectivity index (χ1n) is 11.6. The fourth-order valence-corrected chi connectivity index (χ4v) is 5.49. The van der Waals surface area contributed by atoms with Gasteiger partial charge in [-0.2, -0.15) is 0 Å². The quantitative estimate of drug-likeness (QED) is 0.562. The van der Waals surface area contributed by atoms with Gasteiger partial charge in [0, 0.05) is 13.1 Å². The van der Waals surface area contributed by atoms with Crippen LogP contribution in [-0.2, 0) is 11.2 Å². The van der Waals surface area contributed by atoms with Crippen molar-refractivity contribution in [1.29, 1.82) is 0 Å². The third-order valence-corrected chi connectivity index (χ3v) is 7.24. The number of carbonyl (C=O) groups excluding carboxylic acids is 1. The Morgan fingerprint density at radius 3 is 2.59 bits per heavy atom. The minimum Gasteiger partial charge on any atom is -0.349 e. The summed E-state index contributed by atoms with van der Waals surface area (Å²) in [6, 6.07) is 18.8. The number of anilines is 1. The highest BCUT2D eigenvalue weighted by atomic mass is 32.2. The first-order chi connectivity index (χ1) is 15.8. The molecule has 0 saturated carbocycles. The zero-order valence-corrected chi connectivity index (χ0v) is 19.1. The Morgan fingerprint density at radius 2 is 1.75 bits per heavy atom. The van der Waals surface area contributed by atoms with Gasteiger partial charge in [-0.15, -0.1) is 10.2 Å². The number of para-hydroxylation sites is 1. The van der Waals surface area contributed by atoms with Gasteiger partial charge in [-0.25, -0.2) is 0 Å². The standard InChI is InChI=1S/C25H29N5OS/c31-23(26-22-15-9-11-19-10-5-6-14-21(19)22)18-32-25-28-27-24(29-16-7-2-8-17-29)30(25)20-12-3-1-4-13-20/h1,3-6,10,12-14,22H,2,7-9,11,15-18H2,(H,26,31). The van der Waals surface area contributed by atoms with Crippen LogP contribution in [0.25, 0.3) is 5.69 Å². The van der Waals surface area contributed by atoms with E-state index in [2.05, 4.69) is 61.4 Å². The van der Waals surface area contributed by atoms with Crippen molar-refractivity contribution in [3.05, 3.63) is 65.7 Å². The maximum atomic E-state index is 12.9. The molecular formula is C25H29N5OS. The average molecular weight is 448 g/mol. The van der Waals surface area contributed by atoms with E-state index in [9.17, 15) is 4.79 Å². The fraction of sp³-hybridized carbons (Fsp3) is 0.400. The molecule has 0 bridgehead atoms. The number of nitrogens with one attached hydrogen (secondary N) is 1. The Morgan fingerprint density at radius 1 is 0.969 bits per heavy atom. The van der Waals surface area contributed by atoms with Crippen LogP contribution >= 0.6 is 11.8 Å². The third-order valence-electron chi connectivity index (χ3n) is 6.31. The molecule has 5 rings (SSSR count). The van der Waals surface area contributed by atoms with E-state index < -0.39 is 0 Å². The molecule has 1 saturated heterocycles. The summed E-state index contributed by atoms with van der Waals surface area (Å²) < 4.78 is 2.10. The van der Waals surface area contributed by atoms with E-state index in [4.69, 9.17) is 0 Å². The number of nitrogens with zero attached hydrogens (tertiary/aromatic N) is 4. The minimum atomic E-state index is 0.0406. The molecule has 1 atom stereocenters. The Balaban J connectivity index is 1.31. The van der Waals surface area contributed by atoms with E-state index in [-0.39, 0.29) is 11.9 Å². The molecule has 1 amide bonds. The molecule has 0 spiro atoms. The molecule has 32 heavy (non-hydrogen) atoms. The zero-order chi connectivity index (χ0) is 21.8. The maximum Gasteiger partial charge on any atom is 0.232 e. The van der Waals surface area contributed by atoms with Gasteiger partial charge in [0.1, 0.15) is 0 Å². The van der Waals surface area contributed by atoms with E-state index in [1.165, 1.54) is 42.2 Å². The molecule has 2 aliphatic rings. The largest absolute Gasteiger partial charge is 0.349 e. The van der Waals surface area contributed by atoms with E-state index in [0.717, 1.165) is 49.1 Å². The van der Waals surface area contributed by atoms with Crippen LogP contribution in [0, 0.1) is 0 Å². The number of fused-ring (bicyclic) bond motifs is 1. The second-order valence-electron chi connectivity index (χ2n) is 8.50. The predicted molar refractivity (Wildman–Crippen MR) is 128 cm³/mol. The summed E-state index contributed by atoms with van der Waals surface area (Å²) in [4.78, 5) is 15.2. The van der Waals surface area contributed by atoms with Crippen molar-refractivity contribution in [3.63, 3.8) is 0 Å². The molecule has 7 heteroatoms. The van der Waals surface area contributed by atoms with Crippen molar-refractivity contribution in [2.75, 3.05) is 23.7 Å². The lowest BCUT2D eigenvalue weighted by Crippen LogP contribution is -2.32. The fourth-order valence-electron chi connectivity index (χ4n) is 4.73. The number of hydrogen-bond acceptors (Lipinski definition) is 5. The summed E-state index contributed by atoms with van der Waals surface area (Å²) in [7, 11) is 0. The van der Waals surface area contributed by atoms with Crippen LogP contribution in [0.15, 0.2) is 59.8 Å². The van der Waals surface area contributed by atoms with Crippen molar-refractivity contribution in [2.45, 2.75) is 49.7 Å². The molecule has 6 nitrogen and oxygen atoms in total. The van der Waals surface area contributed by atoms with Crippen molar-refractivity contribution in [2.24, 2.45) is 0 Å². The average Bonchev–Trinajstić information content (AvgIpc) is 3.28. The molecule has 1 unspecified atom stereocenters. The Kier molecular flexibility index (Phi) is 6.44. The predicted octanol–water partition coefficient (Wildman–Crippen LogP) is 4.54. The summed E-state index contributed by atoms with van der Waals surface area (Å²) in [6.07, 6.45) is 6.81. The minimum absolute atomic E-state index is 0.0406. The topological polar surface area (TPSA) is 63.1 Å². The Labute approximate surface area is 193 Å². The molecule has 3 aromatic rings. The molecule has 1 N–H and O–H groups in total. The van der Waals surface area contributed by atoms with Crippen LogP contribution in [0.2, 0.25) is 0 Å². The Hall–Kier alpha value is -2.80. The van der Waals surface area contributed by atoms with Crippen molar-refractivity contribution < 1.29 is 4.79 Å². The van der Waals surface area contributed by atoms with Gasteiger partial charge in [-0.05, 0) is 61.8 Å². The van der Waals surface area contributed by atoms with Crippen LogP contribution in [0.3, 0.4) is 0 Å². The number of hydrogen-bond donors (Lipinski definition) is 1. The van der Waals surface area contributed by atoms with E-state index in [0.29, 0.717) is 5.75 Å². The number of thioether (sulfide) groups is 1. The molecule has 2 aromatic carbocycles. The SMILES string of the molecule is O=C(CSc1nnc(N2CCCCC2)n1-c1ccccc1)NC1CCCc2ccccc21. The third kappa shape index (κ3) is 4.53. The molecular weight excluding hydrogens is 418 g/mol. The van der Waals surface area contributed by atoms with Gasteiger partial charge >= 0.3 is 0 Å². The van der Waals surface area contributed by atoms with Gasteiger partial charge in [0.15, 0.2) is 5.16 Å². The van der Waals surface area contributed by atoms with E-state index in [1.807, 2.05) is 18.2 Å². The number of aromatic nitrogens is 3. The van der Waals surface area contributed by atoms with Crippen molar-refractivity contribution in [3.8, 4) is 5.69 Å². The normalized spacial score (nSPS) is 18.2. The summed E-state index contributed by atoms with van der Waals surface area (Å²) >= 11 is 1.46. The van der Waals surface area contributed by atoms with E-state index >= 15 is 0 Å². The van der Waals surface area contributed by atoms with Crippen LogP contribution < -0.4 is 10.2 Å². The second-order valence-corrected chi connectivity index (χ2v) is 9.44. The molecule has 2 heterocycles. The van der Waals surface area contributed by atoms with Crippen LogP contribution in [0.1, 0.15) is 49.3 Å². The van der Waals surface area contributed by atoms with Gasteiger partial charge in [0.25, 0.3) is 0 Å². The summed E-state index contributed by atoms with van der Waals surface area (Å²) in [6.45, 7) is 1.99. The number of rotatable bonds is 6. The van der Waals surface area contributed by atoms with Crippen LogP contribution in [0.5, 0.6) is 0 Å². The van der Waals surface area contributed by atoms with Crippen LogP contribution in [0.4, 0.5) is 5.95 Å². The molecule has 1 aliphatic carbocycles. The van der Waals surface area contributed by atoms with Gasteiger partial charge < -0.3 is 10.2 Å². The molecule has 166 valence electrons. The number of piperidine rings is 1. The molecule has 1 fully saturated rings. The molecule has 0 radical (unpaired) electrons. The van der Waals surface area contributed by atoms with E-state index in [1.54, 1.807) is 0 Å². The zero-order valence-electron chi connectivity index (χ0n) is 18.2. The summed E-state index contributed by atoms with van der Waals surface area (Å²) in [5.74, 6) is 1.24. The van der Waals surface area contributed by atoms with Crippen molar-refractivity contribution in [1.82, 2.24) is 20.1 Å². The van der Waals surface area contributed by atoms with Crippen molar-refractivity contribution >= 4 is 23.6 Å². The summed E-state index contributed by atoms with van der Waals surface area (Å²) in [5.41, 5.74) is 3.64. The number of amides is 1. The lowest BCUT2D eigenvalue weighted by atomic mass is 9.88. The number of aryl methyl sites for hydroxylation is 1. The number of benzene rings is 2. The molecule has 1 aromatic heterocycles. The highest BCUT2D eigenvalue weighted by molar-refractivity contribution is 7.99. The Bertz CT molecular complexity index is 1060. The lowest BCUT2D eigenvalue weighted by Gasteiger charge is -2.28. The van der Waals surface area contributed by atoms with Gasteiger partial charge in [-0.3, -0.25) is 9.36 Å². The van der Waals surface area contributed by atoms with Crippen LogP contribution in [-0.4, -0.2) is 39.5 Å².